The molecule has 2 aliphatic heterocycles. The fourth-order valence-electron chi connectivity index (χ4n) is 7.53. The molecule has 365 valence electrons. The number of nitrogens with zero attached hydrogens (tertiary/aromatic N) is 3. The summed E-state index contributed by atoms with van der Waals surface area (Å²) in [5.41, 5.74) is 7.98. The predicted octanol–water partition coefficient (Wildman–Crippen LogP) is 8.41. The van der Waals surface area contributed by atoms with Gasteiger partial charge in [0.1, 0.15) is 6.29 Å². The molecular formula is C52H77BCl2N4NaO7. The number of hydrogen-bond donors (Lipinski definition) is 1. The molecule has 2 heterocycles. The average molecular weight is 975 g/mol. The Kier molecular flexibility index (Phi) is 35.2. The van der Waals surface area contributed by atoms with Crippen LogP contribution in [0.3, 0.4) is 0 Å². The van der Waals surface area contributed by atoms with Crippen LogP contribution in [-0.4, -0.2) is 81.6 Å². The zero-order chi connectivity index (χ0) is 48.4. The molecule has 3 radical (unpaired) electrons. The molecule has 0 atom stereocenters. The molecule has 0 aromatic heterocycles. The van der Waals surface area contributed by atoms with E-state index in [9.17, 15) is 29.7 Å². The standard InChI is InChI=1S/C21H28N2.C15H16N2.C6H12O.C4H6O4.C2H3BO2.C2H4Cl2.2CH4.Na/c1-20(2,3)10-13-23-14-11-21(12-15-23)9-8-17(16-22)18-6-4-5-7-19(18)21;16-11-12-5-6-15(7-9-17-10-8-15)14-4-2-1-3-13(12)14;1-6(2,3)4-5-7;1-3(5)7-8-4(2)6;1-2(4)5-3;3-1-2-4;;;/h4-8H,9-15H2,1-3H3;1-5,17H,6-10H2;5H,4H2,1-3H3;1-2H3;1H3;1-2H2;2*1H4;/q;;;;-1;;;;+1. The fraction of sp³-hybridized carbons (Fsp3) is 0.577. The van der Waals surface area contributed by atoms with Crippen LogP contribution < -0.4 is 34.9 Å². The van der Waals surface area contributed by atoms with Crippen molar-refractivity contribution in [2.24, 2.45) is 10.8 Å². The summed E-state index contributed by atoms with van der Waals surface area (Å²) in [5.74, 6) is -0.631. The van der Waals surface area contributed by atoms with Crippen molar-refractivity contribution in [1.82, 2.24) is 10.2 Å². The van der Waals surface area contributed by atoms with Crippen molar-refractivity contribution in [2.75, 3.05) is 44.5 Å². The van der Waals surface area contributed by atoms with Gasteiger partial charge in [-0.25, -0.2) is 19.4 Å². The van der Waals surface area contributed by atoms with E-state index in [2.05, 4.69) is 120 Å². The number of nitriles is 2. The summed E-state index contributed by atoms with van der Waals surface area (Å²) in [5, 5.41) is 22.0. The summed E-state index contributed by atoms with van der Waals surface area (Å²) in [4.78, 5) is 49.2. The number of carbonyl (C=O) groups is 4. The first-order chi connectivity index (χ1) is 30.2. The summed E-state index contributed by atoms with van der Waals surface area (Å²) in [6.07, 6.45) is 14.0. The van der Waals surface area contributed by atoms with Gasteiger partial charge in [0, 0.05) is 49.8 Å². The Bertz CT molecular complexity index is 1920. The van der Waals surface area contributed by atoms with Gasteiger partial charge in [0.15, 0.2) is 0 Å². The Morgan fingerprint density at radius 3 is 1.42 bits per heavy atom. The molecule has 1 N–H and O–H groups in total. The first-order valence-electron chi connectivity index (χ1n) is 21.8. The summed E-state index contributed by atoms with van der Waals surface area (Å²) in [6.45, 7) is 22.4. The third-order valence-corrected chi connectivity index (χ3v) is 11.5. The van der Waals surface area contributed by atoms with E-state index in [4.69, 9.17) is 23.2 Å². The van der Waals surface area contributed by atoms with Crippen LogP contribution >= 0.6 is 23.2 Å². The number of benzene rings is 2. The molecule has 0 amide bonds. The van der Waals surface area contributed by atoms with E-state index in [1.807, 2.05) is 26.8 Å². The molecule has 2 saturated heterocycles. The number of halogens is 2. The Morgan fingerprint density at radius 1 is 0.731 bits per heavy atom. The van der Waals surface area contributed by atoms with Crippen LogP contribution in [0.2, 0.25) is 0 Å². The van der Waals surface area contributed by atoms with E-state index in [-0.39, 0.29) is 60.7 Å². The summed E-state index contributed by atoms with van der Waals surface area (Å²) in [7, 11) is 4.32. The maximum Gasteiger partial charge on any atom is 1.00 e. The van der Waals surface area contributed by atoms with Gasteiger partial charge in [-0.2, -0.15) is 10.5 Å². The van der Waals surface area contributed by atoms with Gasteiger partial charge >= 0.3 is 41.5 Å². The van der Waals surface area contributed by atoms with Crippen LogP contribution in [0, 0.1) is 33.5 Å². The Morgan fingerprint density at radius 2 is 1.12 bits per heavy atom. The van der Waals surface area contributed by atoms with E-state index in [0.29, 0.717) is 23.6 Å². The molecular weight excluding hydrogens is 897 g/mol. The molecule has 0 bridgehead atoms. The number of allylic oxidation sites excluding steroid dienone is 4. The van der Waals surface area contributed by atoms with Crippen LogP contribution in [0.15, 0.2) is 60.7 Å². The molecule has 2 aromatic carbocycles. The molecule has 2 aromatic rings. The van der Waals surface area contributed by atoms with Crippen LogP contribution in [0.25, 0.3) is 11.1 Å². The molecule has 67 heavy (non-hydrogen) atoms. The molecule has 6 rings (SSSR count). The average Bonchev–Trinajstić information content (AvgIpc) is 3.26. The monoisotopic (exact) mass is 974 g/mol. The van der Waals surface area contributed by atoms with Crippen molar-refractivity contribution in [3.8, 4) is 12.1 Å². The topological polar surface area (TPSA) is 159 Å². The second-order valence-electron chi connectivity index (χ2n) is 18.5. The minimum atomic E-state index is -0.639. The zero-order valence-corrected chi connectivity index (χ0v) is 44.0. The van der Waals surface area contributed by atoms with E-state index >= 15 is 0 Å². The van der Waals surface area contributed by atoms with Gasteiger partial charge in [-0.15, -0.1) is 23.2 Å². The van der Waals surface area contributed by atoms with Crippen molar-refractivity contribution < 1.29 is 63.2 Å². The van der Waals surface area contributed by atoms with Crippen molar-refractivity contribution in [2.45, 2.75) is 139 Å². The zero-order valence-electron chi connectivity index (χ0n) is 40.5. The summed E-state index contributed by atoms with van der Waals surface area (Å²) < 4.78 is 3.61. The second kappa shape index (κ2) is 34.8. The van der Waals surface area contributed by atoms with Crippen molar-refractivity contribution in [1.29, 1.82) is 10.5 Å². The van der Waals surface area contributed by atoms with E-state index in [1.165, 1.54) is 75.4 Å². The maximum absolute atomic E-state index is 9.85. The second-order valence-corrected chi connectivity index (χ2v) is 19.2. The SMILES string of the molecule is C.C.CC(=O)OOC(C)=O.CC(C)(C)CC=O.CC(C)(C)CCN1CCC2(CC=C(C#N)c3ccccc32)CC1.ClCCCl.N#CC1=CCC2(CCNCC2)c2ccccc21.[B-]OC(C)=O.[Na+]. The van der Waals surface area contributed by atoms with Gasteiger partial charge in [-0.3, -0.25) is 4.79 Å². The normalized spacial score (nSPS) is 15.6. The van der Waals surface area contributed by atoms with Gasteiger partial charge in [0.25, 0.3) is 0 Å². The van der Waals surface area contributed by atoms with Crippen LogP contribution in [0.5, 0.6) is 0 Å². The number of fused-ring (bicyclic) bond motifs is 4. The number of piperidine rings is 2. The van der Waals surface area contributed by atoms with E-state index in [0.717, 1.165) is 62.8 Å². The molecule has 11 nitrogen and oxygen atoms in total. The molecule has 2 aliphatic carbocycles. The minimum Gasteiger partial charge on any atom is -0.793 e. The van der Waals surface area contributed by atoms with Gasteiger partial charge in [0.2, 0.25) is 5.97 Å². The number of hydrogen-bond acceptors (Lipinski definition) is 11. The first kappa shape index (κ1) is 67.8. The third-order valence-electron chi connectivity index (χ3n) is 11.0. The Hall–Kier alpha value is -3.46. The predicted molar refractivity (Wildman–Crippen MR) is 271 cm³/mol. The van der Waals surface area contributed by atoms with Crippen molar-refractivity contribution in [3.05, 3.63) is 82.9 Å². The molecule has 15 heteroatoms. The first-order valence-corrected chi connectivity index (χ1v) is 22.9. The summed E-state index contributed by atoms with van der Waals surface area (Å²) in [6, 6.07) is 21.7. The summed E-state index contributed by atoms with van der Waals surface area (Å²) >= 11 is 10.1. The van der Waals surface area contributed by atoms with Gasteiger partial charge in [-0.05, 0) is 111 Å². The molecule has 4 aliphatic rings. The van der Waals surface area contributed by atoms with Crippen LogP contribution in [-0.2, 0) is 44.4 Å². The third kappa shape index (κ3) is 25.6. The van der Waals surface area contributed by atoms with Crippen LogP contribution in [0.1, 0.15) is 151 Å². The number of nitrogens with one attached hydrogen (secondary N) is 1. The van der Waals surface area contributed by atoms with Crippen LogP contribution in [0.4, 0.5) is 0 Å². The van der Waals surface area contributed by atoms with Crippen molar-refractivity contribution in [3.63, 3.8) is 0 Å². The number of alkyl halides is 2. The van der Waals surface area contributed by atoms with Crippen molar-refractivity contribution >= 4 is 66.6 Å². The number of rotatable bonds is 4. The molecule has 0 saturated carbocycles. The Balaban J connectivity index is -0.000000819. The molecule has 0 unspecified atom stereocenters. The quantitative estimate of drug-likeness (QED) is 0.103. The van der Waals surface area contributed by atoms with E-state index < -0.39 is 17.9 Å². The van der Waals surface area contributed by atoms with Gasteiger partial charge in [-0.1, -0.05) is 117 Å². The number of likely N-dealkylation sites (tertiary alicyclic amines) is 1. The van der Waals surface area contributed by atoms with E-state index in [1.54, 1.807) is 0 Å². The Labute approximate surface area is 437 Å². The maximum atomic E-state index is 9.85. The fourth-order valence-corrected chi connectivity index (χ4v) is 7.53. The van der Waals surface area contributed by atoms with Gasteiger partial charge in [0.05, 0.1) is 23.3 Å². The molecule has 2 spiro atoms. The number of aldehydes is 1. The largest absolute Gasteiger partial charge is 1.00 e. The van der Waals surface area contributed by atoms with Gasteiger partial charge < -0.3 is 27.7 Å². The number of carbonyl (C=O) groups excluding carboxylic acids is 4. The smallest absolute Gasteiger partial charge is 0.793 e. The minimum absolute atomic E-state index is 0. The molecule has 2 fully saturated rings.